The minimum absolute atomic E-state index is 0.200. The smallest absolute Gasteiger partial charge is 0.231 e. The van der Waals surface area contributed by atoms with Crippen LogP contribution in [0.2, 0.25) is 0 Å². The third kappa shape index (κ3) is 6.49. The van der Waals surface area contributed by atoms with Crippen LogP contribution in [0.1, 0.15) is 40.5 Å². The number of aromatic nitrogens is 4. The topological polar surface area (TPSA) is 119 Å². The largest absolute Gasteiger partial charge is 0.493 e. The zero-order valence-corrected chi connectivity index (χ0v) is 24.7. The summed E-state index contributed by atoms with van der Waals surface area (Å²) < 4.78 is 18.5. The average Bonchev–Trinajstić information content (AvgIpc) is 3.54. The van der Waals surface area contributed by atoms with E-state index in [1.165, 1.54) is 0 Å². The Kier molecular flexibility index (Phi) is 9.51. The quantitative estimate of drug-likeness (QED) is 0.305. The normalized spacial score (nSPS) is 13.7. The second kappa shape index (κ2) is 13.0. The minimum Gasteiger partial charge on any atom is -0.493 e. The lowest BCUT2D eigenvalue weighted by Gasteiger charge is -2.30. The van der Waals surface area contributed by atoms with Gasteiger partial charge >= 0.3 is 0 Å². The molecule has 4 rings (SSSR count). The minimum atomic E-state index is 0.200. The molecule has 12 nitrogen and oxygen atoms in total. The first-order valence-corrected chi connectivity index (χ1v) is 13.8. The van der Waals surface area contributed by atoms with Gasteiger partial charge in [-0.2, -0.15) is 9.97 Å². The van der Waals surface area contributed by atoms with Crippen LogP contribution in [0, 0.1) is 0 Å². The van der Waals surface area contributed by atoms with Crippen LogP contribution in [0.3, 0.4) is 0 Å². The van der Waals surface area contributed by atoms with E-state index in [0.29, 0.717) is 84.0 Å². The number of rotatable bonds is 14. The van der Waals surface area contributed by atoms with Gasteiger partial charge in [-0.05, 0) is 34.1 Å². The molecule has 3 aromatic rings. The Bertz CT molecular complexity index is 1280. The lowest BCUT2D eigenvalue weighted by molar-refractivity contribution is -0.127. The Hall–Kier alpha value is -3.80. The molecule has 218 valence electrons. The Morgan fingerprint density at radius 3 is 2.27 bits per heavy atom. The van der Waals surface area contributed by atoms with Gasteiger partial charge in [-0.1, -0.05) is 0 Å². The van der Waals surface area contributed by atoms with Crippen molar-refractivity contribution in [2.45, 2.75) is 59.2 Å². The molecule has 40 heavy (non-hydrogen) atoms. The van der Waals surface area contributed by atoms with Gasteiger partial charge < -0.3 is 34.3 Å². The number of ether oxygens (including phenoxy) is 3. The molecule has 1 fully saturated rings. The molecule has 0 aliphatic carbocycles. The third-order valence-corrected chi connectivity index (χ3v) is 7.16. The number of methoxy groups -OCH3 is 3. The summed E-state index contributed by atoms with van der Waals surface area (Å²) in [4.78, 5) is 30.7. The molecule has 0 radical (unpaired) electrons. The molecule has 2 N–H and O–H groups in total. The molecule has 0 spiro atoms. The van der Waals surface area contributed by atoms with Gasteiger partial charge in [-0.3, -0.25) is 9.69 Å². The van der Waals surface area contributed by atoms with Crippen molar-refractivity contribution >= 4 is 34.5 Å². The standard InChI is InChI=1S/C28H42N8O4/c1-18(2)36(19(3)4)12-10-29-26-24-27(35(17-30-24)14-13-34-11-8-9-23(34)37)33-28(32-26)31-20-15-21(38-5)25(40-7)22(16-20)39-6/h15-19H,8-14H2,1-7H3,(H2,29,31,32,33). The van der Waals surface area contributed by atoms with Gasteiger partial charge in [-0.15, -0.1) is 0 Å². The van der Waals surface area contributed by atoms with Gasteiger partial charge in [-0.25, -0.2) is 4.98 Å². The number of carbonyl (C=O) groups excluding carboxylic acids is 1. The van der Waals surface area contributed by atoms with Gasteiger partial charge in [0.15, 0.2) is 28.5 Å². The van der Waals surface area contributed by atoms with Crippen LogP contribution < -0.4 is 24.8 Å². The fourth-order valence-corrected chi connectivity index (χ4v) is 5.15. The van der Waals surface area contributed by atoms with E-state index >= 15 is 0 Å². The summed E-state index contributed by atoms with van der Waals surface area (Å²) in [6.45, 7) is 12.4. The van der Waals surface area contributed by atoms with E-state index in [-0.39, 0.29) is 5.91 Å². The Morgan fingerprint density at radius 2 is 1.70 bits per heavy atom. The van der Waals surface area contributed by atoms with Crippen molar-refractivity contribution in [1.29, 1.82) is 0 Å². The van der Waals surface area contributed by atoms with Gasteiger partial charge in [0.25, 0.3) is 0 Å². The summed E-state index contributed by atoms with van der Waals surface area (Å²) in [5, 5.41) is 6.79. The first kappa shape index (κ1) is 29.2. The number of nitrogens with one attached hydrogen (secondary N) is 2. The van der Waals surface area contributed by atoms with Gasteiger partial charge in [0, 0.05) is 69.0 Å². The highest BCUT2D eigenvalue weighted by molar-refractivity contribution is 5.85. The lowest BCUT2D eigenvalue weighted by atomic mass is 10.2. The molecule has 2 aromatic heterocycles. The highest BCUT2D eigenvalue weighted by Gasteiger charge is 2.21. The maximum absolute atomic E-state index is 12.2. The molecule has 0 saturated carbocycles. The molecule has 1 aliphatic rings. The SMILES string of the molecule is COc1cc(Nc2nc(NCCN(C(C)C)C(C)C)c3ncn(CCN4CCCC4=O)c3n2)cc(OC)c1OC. The van der Waals surface area contributed by atoms with Crippen LogP contribution in [-0.2, 0) is 11.3 Å². The molecule has 0 atom stereocenters. The zero-order valence-electron chi connectivity index (χ0n) is 24.7. The number of anilines is 3. The van der Waals surface area contributed by atoms with Crippen molar-refractivity contribution in [2.75, 3.05) is 58.1 Å². The summed E-state index contributed by atoms with van der Waals surface area (Å²) >= 11 is 0. The molecule has 1 aromatic carbocycles. The van der Waals surface area contributed by atoms with Crippen molar-refractivity contribution in [2.24, 2.45) is 0 Å². The number of hydrogen-bond acceptors (Lipinski definition) is 10. The fourth-order valence-electron chi connectivity index (χ4n) is 5.15. The van der Waals surface area contributed by atoms with Crippen LogP contribution in [0.5, 0.6) is 17.2 Å². The van der Waals surface area contributed by atoms with Crippen LogP contribution in [-0.4, -0.2) is 94.8 Å². The van der Waals surface area contributed by atoms with Gasteiger partial charge in [0.05, 0.1) is 27.7 Å². The predicted octanol–water partition coefficient (Wildman–Crippen LogP) is 3.75. The Balaban J connectivity index is 1.65. The summed E-state index contributed by atoms with van der Waals surface area (Å²) in [5.41, 5.74) is 2.05. The van der Waals surface area contributed by atoms with Crippen LogP contribution in [0.15, 0.2) is 18.5 Å². The molecular formula is C28H42N8O4. The number of imidazole rings is 1. The van der Waals surface area contributed by atoms with Crippen molar-refractivity contribution in [3.8, 4) is 17.2 Å². The molecule has 0 unspecified atom stereocenters. The van der Waals surface area contributed by atoms with Crippen LogP contribution >= 0.6 is 0 Å². The van der Waals surface area contributed by atoms with Crippen molar-refractivity contribution in [3.63, 3.8) is 0 Å². The number of likely N-dealkylation sites (tertiary alicyclic amines) is 1. The highest BCUT2D eigenvalue weighted by atomic mass is 16.5. The lowest BCUT2D eigenvalue weighted by Crippen LogP contribution is -2.40. The van der Waals surface area contributed by atoms with Crippen LogP contribution in [0.4, 0.5) is 17.5 Å². The first-order valence-electron chi connectivity index (χ1n) is 13.8. The third-order valence-electron chi connectivity index (χ3n) is 7.16. The molecule has 1 aliphatic heterocycles. The molecule has 1 saturated heterocycles. The number of fused-ring (bicyclic) bond motifs is 1. The van der Waals surface area contributed by atoms with Gasteiger partial charge in [0.1, 0.15) is 0 Å². The van der Waals surface area contributed by atoms with E-state index < -0.39 is 0 Å². The van der Waals surface area contributed by atoms with Crippen LogP contribution in [0.25, 0.3) is 11.2 Å². The number of benzene rings is 1. The summed E-state index contributed by atoms with van der Waals surface area (Å²) in [6.07, 6.45) is 3.29. The second-order valence-corrected chi connectivity index (χ2v) is 10.4. The van der Waals surface area contributed by atoms with Gasteiger partial charge in [0.2, 0.25) is 17.6 Å². The van der Waals surface area contributed by atoms with E-state index in [2.05, 4.69) is 48.2 Å². The second-order valence-electron chi connectivity index (χ2n) is 10.4. The predicted molar refractivity (Wildman–Crippen MR) is 156 cm³/mol. The van der Waals surface area contributed by atoms with Crippen molar-refractivity contribution in [1.82, 2.24) is 29.3 Å². The number of carbonyl (C=O) groups is 1. The Labute approximate surface area is 236 Å². The number of nitrogens with zero attached hydrogens (tertiary/aromatic N) is 6. The van der Waals surface area contributed by atoms with Crippen molar-refractivity contribution < 1.29 is 19.0 Å². The Morgan fingerprint density at radius 1 is 1.00 bits per heavy atom. The van der Waals surface area contributed by atoms with E-state index in [0.717, 1.165) is 19.5 Å². The zero-order chi connectivity index (χ0) is 28.8. The average molecular weight is 555 g/mol. The van der Waals surface area contributed by atoms with E-state index in [1.54, 1.807) is 39.8 Å². The van der Waals surface area contributed by atoms with E-state index in [4.69, 9.17) is 24.2 Å². The molecule has 12 heteroatoms. The van der Waals surface area contributed by atoms with Crippen molar-refractivity contribution in [3.05, 3.63) is 18.5 Å². The maximum Gasteiger partial charge on any atom is 0.231 e. The summed E-state index contributed by atoms with van der Waals surface area (Å²) in [5.74, 6) is 2.78. The molecule has 1 amide bonds. The maximum atomic E-state index is 12.2. The summed E-state index contributed by atoms with van der Waals surface area (Å²) in [6, 6.07) is 4.47. The van der Waals surface area contributed by atoms with E-state index in [1.807, 2.05) is 9.47 Å². The van der Waals surface area contributed by atoms with E-state index in [9.17, 15) is 4.79 Å². The molecule has 0 bridgehead atoms. The molecular weight excluding hydrogens is 512 g/mol. The summed E-state index contributed by atoms with van der Waals surface area (Å²) in [7, 11) is 4.72. The highest BCUT2D eigenvalue weighted by Crippen LogP contribution is 2.40. The fraction of sp³-hybridized carbons (Fsp3) is 0.571. The number of amides is 1. The number of hydrogen-bond donors (Lipinski definition) is 2. The molecule has 3 heterocycles. The first-order chi connectivity index (χ1) is 19.2. The monoisotopic (exact) mass is 554 g/mol.